The highest BCUT2D eigenvalue weighted by Gasteiger charge is 2.24. The Bertz CT molecular complexity index is 866. The maximum Gasteiger partial charge on any atom is 0.264 e. The van der Waals surface area contributed by atoms with Crippen molar-refractivity contribution in [2.45, 2.75) is 6.92 Å². The smallest absolute Gasteiger partial charge is 0.264 e. The molecule has 0 saturated carbocycles. The maximum absolute atomic E-state index is 12.2. The lowest BCUT2D eigenvalue weighted by Crippen LogP contribution is -2.19. The molecule has 1 aliphatic heterocycles. The Labute approximate surface area is 163 Å². The monoisotopic (exact) mass is 466 g/mol. The molecule has 3 rings (SSSR count). The van der Waals surface area contributed by atoms with Crippen LogP contribution >= 0.6 is 34.4 Å². The van der Waals surface area contributed by atoms with E-state index in [0.29, 0.717) is 26.0 Å². The number of phenols is 1. The minimum atomic E-state index is -0.194. The van der Waals surface area contributed by atoms with Crippen LogP contribution in [-0.2, 0) is 4.79 Å². The van der Waals surface area contributed by atoms with Gasteiger partial charge in [-0.2, -0.15) is 0 Å². The van der Waals surface area contributed by atoms with Crippen LogP contribution in [0.3, 0.4) is 0 Å². The van der Waals surface area contributed by atoms with Gasteiger partial charge in [0.25, 0.3) is 5.91 Å². The molecule has 5 nitrogen and oxygen atoms in total. The zero-order chi connectivity index (χ0) is 17.8. The number of para-hydroxylation sites is 1. The van der Waals surface area contributed by atoms with Gasteiger partial charge in [-0.15, -0.1) is 0 Å². The van der Waals surface area contributed by atoms with Crippen molar-refractivity contribution in [1.82, 2.24) is 5.32 Å². The van der Waals surface area contributed by atoms with E-state index < -0.39 is 0 Å². The van der Waals surface area contributed by atoms with Gasteiger partial charge in [-0.3, -0.25) is 4.79 Å². The van der Waals surface area contributed by atoms with Gasteiger partial charge in [-0.05, 0) is 77.2 Å². The van der Waals surface area contributed by atoms with Gasteiger partial charge in [0.05, 0.1) is 20.8 Å². The summed E-state index contributed by atoms with van der Waals surface area (Å²) in [4.78, 5) is 17.1. The SMILES string of the molecule is CCOc1cc(/C=C2\SC(=Nc3ccccc3)NC2=O)cc(I)c1O. The van der Waals surface area contributed by atoms with Gasteiger partial charge in [0.15, 0.2) is 16.7 Å². The summed E-state index contributed by atoms with van der Waals surface area (Å²) in [6.07, 6.45) is 1.76. The molecule has 128 valence electrons. The van der Waals surface area contributed by atoms with Gasteiger partial charge in [0.2, 0.25) is 0 Å². The fourth-order valence-corrected chi connectivity index (χ4v) is 3.66. The van der Waals surface area contributed by atoms with Crippen molar-refractivity contribution in [2.75, 3.05) is 6.61 Å². The summed E-state index contributed by atoms with van der Waals surface area (Å²) < 4.78 is 6.10. The van der Waals surface area contributed by atoms with E-state index in [1.165, 1.54) is 11.8 Å². The number of amides is 1. The first kappa shape index (κ1) is 17.8. The number of benzene rings is 2. The van der Waals surface area contributed by atoms with Crippen molar-refractivity contribution in [1.29, 1.82) is 0 Å². The molecule has 0 unspecified atom stereocenters. The second-order valence-electron chi connectivity index (χ2n) is 5.10. The standard InChI is InChI=1S/C18H15IN2O3S/c1-2-24-14-9-11(8-13(19)16(14)22)10-15-17(23)21-18(25-15)20-12-6-4-3-5-7-12/h3-10,22H,2H2,1H3,(H,20,21,23)/b15-10-. The molecular weight excluding hydrogens is 451 g/mol. The molecule has 2 aromatic carbocycles. The predicted octanol–water partition coefficient (Wildman–Crippen LogP) is 4.29. The number of amidine groups is 1. The van der Waals surface area contributed by atoms with Crippen LogP contribution in [0, 0.1) is 3.57 Å². The molecule has 1 saturated heterocycles. The zero-order valence-corrected chi connectivity index (χ0v) is 16.3. The van der Waals surface area contributed by atoms with Crippen LogP contribution in [0.2, 0.25) is 0 Å². The van der Waals surface area contributed by atoms with Crippen LogP contribution < -0.4 is 10.1 Å². The third-order valence-corrected chi connectivity index (χ3v) is 5.02. The Hall–Kier alpha value is -2.00. The van der Waals surface area contributed by atoms with Gasteiger partial charge >= 0.3 is 0 Å². The molecule has 0 aromatic heterocycles. The number of aromatic hydroxyl groups is 1. The number of thioether (sulfide) groups is 1. The summed E-state index contributed by atoms with van der Waals surface area (Å²) in [5, 5.41) is 13.3. The molecule has 0 aliphatic carbocycles. The average molecular weight is 466 g/mol. The molecule has 25 heavy (non-hydrogen) atoms. The molecule has 1 heterocycles. The second-order valence-corrected chi connectivity index (χ2v) is 7.29. The first-order valence-electron chi connectivity index (χ1n) is 7.56. The summed E-state index contributed by atoms with van der Waals surface area (Å²) in [6.45, 7) is 2.30. The van der Waals surface area contributed by atoms with E-state index in [4.69, 9.17) is 4.74 Å². The number of halogens is 1. The van der Waals surface area contributed by atoms with Crippen LogP contribution in [0.25, 0.3) is 6.08 Å². The quantitative estimate of drug-likeness (QED) is 0.521. The van der Waals surface area contributed by atoms with Crippen molar-refractivity contribution < 1.29 is 14.6 Å². The molecular formula is C18H15IN2O3S. The minimum Gasteiger partial charge on any atom is -0.504 e. The molecule has 7 heteroatoms. The number of carbonyl (C=O) groups excluding carboxylic acids is 1. The van der Waals surface area contributed by atoms with Gasteiger partial charge in [0, 0.05) is 0 Å². The fraction of sp³-hybridized carbons (Fsp3) is 0.111. The van der Waals surface area contributed by atoms with E-state index in [1.807, 2.05) is 59.8 Å². The molecule has 1 amide bonds. The van der Waals surface area contributed by atoms with Crippen molar-refractivity contribution in [3.8, 4) is 11.5 Å². The summed E-state index contributed by atoms with van der Waals surface area (Å²) in [7, 11) is 0. The Balaban J connectivity index is 1.87. The lowest BCUT2D eigenvalue weighted by Gasteiger charge is -2.08. The molecule has 1 aliphatic rings. The van der Waals surface area contributed by atoms with Crippen LogP contribution in [-0.4, -0.2) is 22.8 Å². The number of carbonyl (C=O) groups is 1. The van der Waals surface area contributed by atoms with Gasteiger partial charge in [0.1, 0.15) is 0 Å². The Kier molecular flexibility index (Phi) is 5.64. The van der Waals surface area contributed by atoms with E-state index in [9.17, 15) is 9.90 Å². The highest BCUT2D eigenvalue weighted by Crippen LogP contribution is 2.35. The number of ether oxygens (including phenoxy) is 1. The van der Waals surface area contributed by atoms with Gasteiger partial charge in [-0.1, -0.05) is 18.2 Å². The van der Waals surface area contributed by atoms with Gasteiger partial charge < -0.3 is 15.2 Å². The lowest BCUT2D eigenvalue weighted by atomic mass is 10.2. The van der Waals surface area contributed by atoms with Crippen molar-refractivity contribution in [3.05, 3.63) is 56.5 Å². The molecule has 0 radical (unpaired) electrons. The van der Waals surface area contributed by atoms with E-state index >= 15 is 0 Å². The number of phenolic OH excluding ortho intramolecular Hbond substituents is 1. The summed E-state index contributed by atoms with van der Waals surface area (Å²) in [5.41, 5.74) is 1.56. The summed E-state index contributed by atoms with van der Waals surface area (Å²) >= 11 is 3.32. The molecule has 0 spiro atoms. The predicted molar refractivity (Wildman–Crippen MR) is 109 cm³/mol. The molecule has 0 bridgehead atoms. The molecule has 2 aromatic rings. The highest BCUT2D eigenvalue weighted by molar-refractivity contribution is 14.1. The summed E-state index contributed by atoms with van der Waals surface area (Å²) in [6, 6.07) is 13.0. The minimum absolute atomic E-state index is 0.111. The number of hydrogen-bond acceptors (Lipinski definition) is 5. The number of nitrogens with zero attached hydrogens (tertiary/aromatic N) is 1. The summed E-state index contributed by atoms with van der Waals surface area (Å²) in [5.74, 6) is 0.322. The van der Waals surface area contributed by atoms with E-state index in [2.05, 4.69) is 10.3 Å². The first-order chi connectivity index (χ1) is 12.1. The molecule has 0 atom stereocenters. The third-order valence-electron chi connectivity index (χ3n) is 3.29. The topological polar surface area (TPSA) is 70.9 Å². The average Bonchev–Trinajstić information content (AvgIpc) is 2.92. The number of rotatable bonds is 4. The Morgan fingerprint density at radius 3 is 2.80 bits per heavy atom. The Morgan fingerprint density at radius 2 is 2.08 bits per heavy atom. The number of aliphatic imine (C=N–C) groups is 1. The van der Waals surface area contributed by atoms with E-state index in [1.54, 1.807) is 18.2 Å². The second kappa shape index (κ2) is 7.92. The van der Waals surface area contributed by atoms with Crippen LogP contribution in [0.4, 0.5) is 5.69 Å². The zero-order valence-electron chi connectivity index (χ0n) is 13.3. The molecule has 2 N–H and O–H groups in total. The largest absolute Gasteiger partial charge is 0.504 e. The van der Waals surface area contributed by atoms with E-state index in [0.717, 1.165) is 11.3 Å². The van der Waals surface area contributed by atoms with Crippen LogP contribution in [0.1, 0.15) is 12.5 Å². The third kappa shape index (κ3) is 4.35. The van der Waals surface area contributed by atoms with E-state index in [-0.39, 0.29) is 11.7 Å². The fourth-order valence-electron chi connectivity index (χ4n) is 2.19. The Morgan fingerprint density at radius 1 is 1.32 bits per heavy atom. The van der Waals surface area contributed by atoms with Gasteiger partial charge in [-0.25, -0.2) is 4.99 Å². The maximum atomic E-state index is 12.2. The highest BCUT2D eigenvalue weighted by atomic mass is 127. The lowest BCUT2D eigenvalue weighted by molar-refractivity contribution is -0.115. The van der Waals surface area contributed by atoms with Crippen LogP contribution in [0.5, 0.6) is 11.5 Å². The van der Waals surface area contributed by atoms with Crippen molar-refractivity contribution in [2.24, 2.45) is 4.99 Å². The molecule has 1 fully saturated rings. The van der Waals surface area contributed by atoms with Crippen molar-refractivity contribution >= 4 is 57.2 Å². The normalized spacial score (nSPS) is 17.1. The van der Waals surface area contributed by atoms with Crippen molar-refractivity contribution in [3.63, 3.8) is 0 Å². The first-order valence-corrected chi connectivity index (χ1v) is 9.46. The number of hydrogen-bond donors (Lipinski definition) is 2. The number of nitrogens with one attached hydrogen (secondary N) is 1. The van der Waals surface area contributed by atoms with Crippen LogP contribution in [0.15, 0.2) is 52.4 Å².